The number of ether oxygens (including phenoxy) is 2. The lowest BCUT2D eigenvalue weighted by molar-refractivity contribution is -0.116. The Bertz CT molecular complexity index is 526. The summed E-state index contributed by atoms with van der Waals surface area (Å²) in [4.78, 5) is 11.8. The molecule has 1 amide bonds. The fourth-order valence-electron chi connectivity index (χ4n) is 2.44. The van der Waals surface area contributed by atoms with E-state index in [9.17, 15) is 4.79 Å². The van der Waals surface area contributed by atoms with Crippen LogP contribution in [0, 0.1) is 0 Å². The quantitative estimate of drug-likeness (QED) is 0.405. The van der Waals surface area contributed by atoms with Gasteiger partial charge < -0.3 is 14.8 Å². The van der Waals surface area contributed by atoms with Crippen molar-refractivity contribution in [3.05, 3.63) is 29.8 Å². The number of rotatable bonds is 13. The summed E-state index contributed by atoms with van der Waals surface area (Å²) in [5.74, 6) is 1.38. The molecule has 0 bridgehead atoms. The van der Waals surface area contributed by atoms with E-state index in [1.165, 1.54) is 19.3 Å². The SMILES string of the molecule is CCCCCCNC(=O)/C=C/c1ccc(OCCCCC)c(OC)c1. The van der Waals surface area contributed by atoms with Crippen LogP contribution in [0.4, 0.5) is 0 Å². The molecule has 0 aliphatic rings. The van der Waals surface area contributed by atoms with Crippen LogP contribution in [-0.4, -0.2) is 26.2 Å². The lowest BCUT2D eigenvalue weighted by Crippen LogP contribution is -2.21. The molecule has 0 unspecified atom stereocenters. The van der Waals surface area contributed by atoms with Crippen LogP contribution >= 0.6 is 0 Å². The largest absolute Gasteiger partial charge is 0.493 e. The second kappa shape index (κ2) is 13.3. The van der Waals surface area contributed by atoms with Crippen LogP contribution in [0.2, 0.25) is 0 Å². The van der Waals surface area contributed by atoms with Gasteiger partial charge in [-0.25, -0.2) is 0 Å². The molecular formula is C21H33NO3. The zero-order chi connectivity index (χ0) is 18.3. The topological polar surface area (TPSA) is 47.6 Å². The fourth-order valence-corrected chi connectivity index (χ4v) is 2.44. The van der Waals surface area contributed by atoms with E-state index >= 15 is 0 Å². The van der Waals surface area contributed by atoms with E-state index in [1.807, 2.05) is 18.2 Å². The minimum atomic E-state index is -0.0599. The minimum absolute atomic E-state index is 0.0599. The molecular weight excluding hydrogens is 314 g/mol. The Hall–Kier alpha value is -1.97. The second-order valence-electron chi connectivity index (χ2n) is 6.15. The van der Waals surface area contributed by atoms with Crippen LogP contribution in [0.5, 0.6) is 11.5 Å². The van der Waals surface area contributed by atoms with Crippen molar-refractivity contribution >= 4 is 12.0 Å². The van der Waals surface area contributed by atoms with E-state index in [4.69, 9.17) is 9.47 Å². The van der Waals surface area contributed by atoms with Gasteiger partial charge in [0.15, 0.2) is 11.5 Å². The molecule has 4 nitrogen and oxygen atoms in total. The summed E-state index contributed by atoms with van der Waals surface area (Å²) < 4.78 is 11.2. The number of carbonyl (C=O) groups excluding carboxylic acids is 1. The Morgan fingerprint density at radius 3 is 2.52 bits per heavy atom. The number of hydrogen-bond donors (Lipinski definition) is 1. The monoisotopic (exact) mass is 347 g/mol. The summed E-state index contributed by atoms with van der Waals surface area (Å²) in [6.45, 7) is 5.77. The molecule has 25 heavy (non-hydrogen) atoms. The van der Waals surface area contributed by atoms with Crippen LogP contribution in [-0.2, 0) is 4.79 Å². The predicted molar refractivity (Wildman–Crippen MR) is 104 cm³/mol. The molecule has 1 N–H and O–H groups in total. The summed E-state index contributed by atoms with van der Waals surface area (Å²) >= 11 is 0. The van der Waals surface area contributed by atoms with Gasteiger partial charge in [-0.2, -0.15) is 0 Å². The average molecular weight is 347 g/mol. The standard InChI is InChI=1S/C21H33NO3/c1-4-6-8-9-15-22-21(23)14-12-18-11-13-19(20(17-18)24-3)25-16-10-7-5-2/h11-14,17H,4-10,15-16H2,1-3H3,(H,22,23)/b14-12+. The number of methoxy groups -OCH3 is 1. The number of amides is 1. The first-order valence-electron chi connectivity index (χ1n) is 9.48. The van der Waals surface area contributed by atoms with Gasteiger partial charge in [-0.3, -0.25) is 4.79 Å². The molecule has 0 atom stereocenters. The lowest BCUT2D eigenvalue weighted by Gasteiger charge is -2.11. The zero-order valence-electron chi connectivity index (χ0n) is 16.0. The second-order valence-corrected chi connectivity index (χ2v) is 6.15. The van der Waals surface area contributed by atoms with Crippen LogP contribution < -0.4 is 14.8 Å². The maximum atomic E-state index is 11.8. The minimum Gasteiger partial charge on any atom is -0.493 e. The molecule has 4 heteroatoms. The Labute approximate surface area is 152 Å². The van der Waals surface area contributed by atoms with Gasteiger partial charge in [0.25, 0.3) is 0 Å². The van der Waals surface area contributed by atoms with E-state index in [0.29, 0.717) is 12.4 Å². The van der Waals surface area contributed by atoms with Gasteiger partial charge in [-0.1, -0.05) is 52.0 Å². The van der Waals surface area contributed by atoms with Gasteiger partial charge in [0, 0.05) is 12.6 Å². The van der Waals surface area contributed by atoms with Crippen LogP contribution in [0.1, 0.15) is 64.4 Å². The predicted octanol–water partition coefficient (Wildman–Crippen LogP) is 4.97. The summed E-state index contributed by atoms with van der Waals surface area (Å²) in [5, 5.41) is 2.91. The lowest BCUT2D eigenvalue weighted by atomic mass is 10.2. The summed E-state index contributed by atoms with van der Waals surface area (Å²) in [6, 6.07) is 5.72. The van der Waals surface area contributed by atoms with Crippen molar-refractivity contribution in [3.8, 4) is 11.5 Å². The van der Waals surface area contributed by atoms with E-state index in [-0.39, 0.29) is 5.91 Å². The van der Waals surface area contributed by atoms with E-state index < -0.39 is 0 Å². The maximum Gasteiger partial charge on any atom is 0.243 e. The molecule has 0 aromatic heterocycles. The maximum absolute atomic E-state index is 11.8. The number of benzene rings is 1. The molecule has 0 radical (unpaired) electrons. The van der Waals surface area contributed by atoms with Crippen LogP contribution in [0.3, 0.4) is 0 Å². The van der Waals surface area contributed by atoms with Crippen molar-refractivity contribution in [2.75, 3.05) is 20.3 Å². The molecule has 1 rings (SSSR count). The van der Waals surface area contributed by atoms with Crippen molar-refractivity contribution < 1.29 is 14.3 Å². The van der Waals surface area contributed by atoms with Crippen LogP contribution in [0.15, 0.2) is 24.3 Å². The van der Waals surface area contributed by atoms with Crippen molar-refractivity contribution in [3.63, 3.8) is 0 Å². The summed E-state index contributed by atoms with van der Waals surface area (Å²) in [7, 11) is 1.63. The fraction of sp³-hybridized carbons (Fsp3) is 0.571. The van der Waals surface area contributed by atoms with Gasteiger partial charge in [0.2, 0.25) is 5.91 Å². The van der Waals surface area contributed by atoms with Crippen molar-refractivity contribution in [2.45, 2.75) is 58.8 Å². The third-order valence-electron chi connectivity index (χ3n) is 3.95. The molecule has 0 spiro atoms. The van der Waals surface area contributed by atoms with Crippen molar-refractivity contribution in [1.82, 2.24) is 5.32 Å². The first kappa shape index (κ1) is 21.1. The highest BCUT2D eigenvalue weighted by Gasteiger charge is 2.05. The number of hydrogen-bond acceptors (Lipinski definition) is 3. The molecule has 1 aromatic carbocycles. The van der Waals surface area contributed by atoms with Gasteiger partial charge >= 0.3 is 0 Å². The highest BCUT2D eigenvalue weighted by Crippen LogP contribution is 2.28. The molecule has 0 saturated heterocycles. The molecule has 0 saturated carbocycles. The first-order valence-corrected chi connectivity index (χ1v) is 9.48. The number of carbonyl (C=O) groups is 1. The van der Waals surface area contributed by atoms with E-state index in [2.05, 4.69) is 19.2 Å². The summed E-state index contributed by atoms with van der Waals surface area (Å²) in [6.07, 6.45) is 11.4. The van der Waals surface area contributed by atoms with Crippen LogP contribution in [0.25, 0.3) is 6.08 Å². The van der Waals surface area contributed by atoms with Gasteiger partial charge in [-0.05, 0) is 36.6 Å². The molecule has 0 fully saturated rings. The zero-order valence-corrected chi connectivity index (χ0v) is 16.0. The Kier molecular flexibility index (Phi) is 11.2. The van der Waals surface area contributed by atoms with E-state index in [0.717, 1.165) is 43.5 Å². The molecule has 0 heterocycles. The Morgan fingerprint density at radius 2 is 1.80 bits per heavy atom. The third kappa shape index (κ3) is 9.18. The Balaban J connectivity index is 2.48. The highest BCUT2D eigenvalue weighted by molar-refractivity contribution is 5.91. The van der Waals surface area contributed by atoms with Crippen molar-refractivity contribution in [2.24, 2.45) is 0 Å². The number of unbranched alkanes of at least 4 members (excludes halogenated alkanes) is 5. The van der Waals surface area contributed by atoms with Crippen molar-refractivity contribution in [1.29, 1.82) is 0 Å². The molecule has 0 aliphatic carbocycles. The molecule has 1 aromatic rings. The van der Waals surface area contributed by atoms with Gasteiger partial charge in [-0.15, -0.1) is 0 Å². The third-order valence-corrected chi connectivity index (χ3v) is 3.95. The van der Waals surface area contributed by atoms with E-state index in [1.54, 1.807) is 19.3 Å². The highest BCUT2D eigenvalue weighted by atomic mass is 16.5. The van der Waals surface area contributed by atoms with Gasteiger partial charge in [0.05, 0.1) is 13.7 Å². The van der Waals surface area contributed by atoms with Gasteiger partial charge in [0.1, 0.15) is 0 Å². The average Bonchev–Trinajstić information content (AvgIpc) is 2.63. The summed E-state index contributed by atoms with van der Waals surface area (Å²) in [5.41, 5.74) is 0.916. The molecule has 140 valence electrons. The Morgan fingerprint density at radius 1 is 1.04 bits per heavy atom. The smallest absolute Gasteiger partial charge is 0.243 e. The first-order chi connectivity index (χ1) is 12.2. The molecule has 0 aliphatic heterocycles. The normalized spacial score (nSPS) is 10.8. The number of nitrogens with one attached hydrogen (secondary N) is 1.